The second kappa shape index (κ2) is 5.71. The third kappa shape index (κ3) is 2.13. The minimum atomic E-state index is -3.61. The lowest BCUT2D eigenvalue weighted by atomic mass is 9.56. The van der Waals surface area contributed by atoms with Crippen LogP contribution in [-0.4, -0.2) is 38.1 Å². The Morgan fingerprint density at radius 3 is 2.52 bits per heavy atom. The maximum Gasteiger partial charge on any atom is 0.251 e. The van der Waals surface area contributed by atoms with E-state index in [-0.39, 0.29) is 17.3 Å². The van der Waals surface area contributed by atoms with Crippen LogP contribution >= 0.6 is 0 Å². The standard InChI is InChI=1S/C22H26N2O4S/c1-2-7-24-29(27,28)12-5-3-11(4-6-12)21(25)23-10-22(26)19-14-9-15-17-13(14)8-16(19)18(17)20(15)22/h2-6,13-20,24,26H,1,7-10H2,(H,23,25). The minimum Gasteiger partial charge on any atom is -0.387 e. The molecule has 6 nitrogen and oxygen atoms in total. The monoisotopic (exact) mass is 414 g/mol. The minimum absolute atomic E-state index is 0.111. The van der Waals surface area contributed by atoms with Gasteiger partial charge in [-0.25, -0.2) is 13.1 Å². The van der Waals surface area contributed by atoms with Gasteiger partial charge in [-0.05, 0) is 84.5 Å². The Kier molecular flexibility index (Phi) is 3.56. The molecule has 0 saturated heterocycles. The Morgan fingerprint density at radius 1 is 1.10 bits per heavy atom. The van der Waals surface area contributed by atoms with E-state index >= 15 is 0 Å². The highest BCUT2D eigenvalue weighted by Gasteiger charge is 2.84. The molecule has 9 atom stereocenters. The molecule has 154 valence electrons. The smallest absolute Gasteiger partial charge is 0.251 e. The zero-order valence-electron chi connectivity index (χ0n) is 16.1. The second-order valence-corrected chi connectivity index (χ2v) is 11.4. The molecule has 7 heteroatoms. The molecule has 29 heavy (non-hydrogen) atoms. The van der Waals surface area contributed by atoms with Gasteiger partial charge in [0.05, 0.1) is 10.5 Å². The van der Waals surface area contributed by atoms with E-state index in [1.807, 2.05) is 0 Å². The summed E-state index contributed by atoms with van der Waals surface area (Å²) in [5, 5.41) is 14.5. The normalized spacial score (nSPS) is 44.9. The molecule has 0 spiro atoms. The molecule has 9 unspecified atom stereocenters. The number of rotatable bonds is 7. The summed E-state index contributed by atoms with van der Waals surface area (Å²) in [5.74, 6) is 4.88. The van der Waals surface area contributed by atoms with Gasteiger partial charge >= 0.3 is 0 Å². The highest BCUT2D eigenvalue weighted by Crippen LogP contribution is 2.85. The number of aliphatic hydroxyl groups is 1. The van der Waals surface area contributed by atoms with Crippen molar-refractivity contribution in [3.05, 3.63) is 42.5 Å². The first-order chi connectivity index (χ1) is 13.9. The van der Waals surface area contributed by atoms with Crippen LogP contribution in [0.1, 0.15) is 23.2 Å². The SMILES string of the molecule is C=CCNS(=O)(=O)c1ccc(C(=O)NCC2(O)C3C4CC5C6C4CC3C6C52)cc1. The predicted octanol–water partition coefficient (Wildman–Crippen LogP) is 1.39. The molecule has 5 aliphatic rings. The first kappa shape index (κ1) is 18.1. The summed E-state index contributed by atoms with van der Waals surface area (Å²) < 4.78 is 26.7. The van der Waals surface area contributed by atoms with Gasteiger partial charge in [0.15, 0.2) is 0 Å². The number of carbonyl (C=O) groups is 1. The Balaban J connectivity index is 1.15. The van der Waals surface area contributed by atoms with Crippen molar-refractivity contribution in [3.8, 4) is 0 Å². The Labute approximate surface area is 170 Å². The van der Waals surface area contributed by atoms with E-state index in [0.29, 0.717) is 47.6 Å². The summed E-state index contributed by atoms with van der Waals surface area (Å²) in [6.45, 7) is 3.95. The van der Waals surface area contributed by atoms with Crippen molar-refractivity contribution in [2.24, 2.45) is 47.3 Å². The fourth-order valence-corrected chi connectivity index (χ4v) is 9.32. The summed E-state index contributed by atoms with van der Waals surface area (Å²) in [7, 11) is -3.61. The highest BCUT2D eigenvalue weighted by atomic mass is 32.2. The Bertz CT molecular complexity index is 1000. The summed E-state index contributed by atoms with van der Waals surface area (Å²) in [6.07, 6.45) is 4.06. The molecule has 5 fully saturated rings. The molecule has 0 aliphatic heterocycles. The van der Waals surface area contributed by atoms with Gasteiger partial charge in [0.1, 0.15) is 0 Å². The van der Waals surface area contributed by atoms with Crippen molar-refractivity contribution in [3.63, 3.8) is 0 Å². The van der Waals surface area contributed by atoms with E-state index in [1.165, 1.54) is 43.2 Å². The molecule has 2 bridgehead atoms. The molecule has 1 amide bonds. The summed E-state index contributed by atoms with van der Waals surface area (Å²) in [5.41, 5.74) is -0.351. The molecule has 0 heterocycles. The lowest BCUT2D eigenvalue weighted by Crippen LogP contribution is -2.59. The van der Waals surface area contributed by atoms with Crippen LogP contribution in [0, 0.1) is 47.3 Å². The van der Waals surface area contributed by atoms with Gasteiger partial charge in [-0.3, -0.25) is 4.79 Å². The van der Waals surface area contributed by atoms with Crippen molar-refractivity contribution in [2.75, 3.05) is 13.1 Å². The van der Waals surface area contributed by atoms with E-state index < -0.39 is 15.6 Å². The van der Waals surface area contributed by atoms with Crippen molar-refractivity contribution >= 4 is 15.9 Å². The van der Waals surface area contributed by atoms with E-state index in [1.54, 1.807) is 0 Å². The molecule has 5 aliphatic carbocycles. The van der Waals surface area contributed by atoms with Gasteiger partial charge in [0, 0.05) is 18.7 Å². The molecule has 3 N–H and O–H groups in total. The summed E-state index contributed by atoms with van der Waals surface area (Å²) in [6, 6.07) is 5.89. The van der Waals surface area contributed by atoms with E-state index in [4.69, 9.17) is 0 Å². The summed E-state index contributed by atoms with van der Waals surface area (Å²) >= 11 is 0. The van der Waals surface area contributed by atoms with E-state index in [2.05, 4.69) is 16.6 Å². The number of amides is 1. The van der Waals surface area contributed by atoms with Crippen LogP contribution in [0.5, 0.6) is 0 Å². The lowest BCUT2D eigenvalue weighted by molar-refractivity contribution is -0.126. The molecule has 1 aromatic rings. The average molecular weight is 415 g/mol. The van der Waals surface area contributed by atoms with Gasteiger partial charge in [-0.15, -0.1) is 6.58 Å². The quantitative estimate of drug-likeness (QED) is 0.588. The van der Waals surface area contributed by atoms with Gasteiger partial charge in [-0.2, -0.15) is 0 Å². The average Bonchev–Trinajstić information content (AvgIpc) is 3.23. The van der Waals surface area contributed by atoms with Crippen LogP contribution in [0.2, 0.25) is 0 Å². The third-order valence-corrected chi connectivity index (χ3v) is 10.3. The molecule has 5 saturated carbocycles. The first-order valence-electron chi connectivity index (χ1n) is 10.6. The van der Waals surface area contributed by atoms with Crippen molar-refractivity contribution in [2.45, 2.75) is 23.3 Å². The number of benzene rings is 1. The predicted molar refractivity (Wildman–Crippen MR) is 106 cm³/mol. The number of hydrogen-bond acceptors (Lipinski definition) is 4. The van der Waals surface area contributed by atoms with Crippen LogP contribution in [-0.2, 0) is 10.0 Å². The molecule has 0 aromatic heterocycles. The topological polar surface area (TPSA) is 95.5 Å². The lowest BCUT2D eigenvalue weighted by Gasteiger charge is -2.51. The molecule has 0 radical (unpaired) electrons. The number of carbonyl (C=O) groups excluding carboxylic acids is 1. The maximum absolute atomic E-state index is 12.7. The third-order valence-electron chi connectivity index (χ3n) is 8.90. The van der Waals surface area contributed by atoms with E-state index in [0.717, 1.165) is 11.8 Å². The fraction of sp³-hybridized carbons (Fsp3) is 0.591. The van der Waals surface area contributed by atoms with Crippen LogP contribution in [0.15, 0.2) is 41.8 Å². The summed E-state index contributed by atoms with van der Waals surface area (Å²) in [4.78, 5) is 12.8. The van der Waals surface area contributed by atoms with Gasteiger partial charge in [-0.1, -0.05) is 6.08 Å². The van der Waals surface area contributed by atoms with Gasteiger partial charge in [0.2, 0.25) is 10.0 Å². The largest absolute Gasteiger partial charge is 0.387 e. The van der Waals surface area contributed by atoms with E-state index in [9.17, 15) is 18.3 Å². The highest BCUT2D eigenvalue weighted by molar-refractivity contribution is 7.89. The van der Waals surface area contributed by atoms with Gasteiger partial charge < -0.3 is 10.4 Å². The fourth-order valence-electron chi connectivity index (χ4n) is 8.32. The number of sulfonamides is 1. The van der Waals surface area contributed by atoms with Crippen LogP contribution in [0.3, 0.4) is 0 Å². The molecule has 6 rings (SSSR count). The van der Waals surface area contributed by atoms with Crippen molar-refractivity contribution in [1.82, 2.24) is 10.0 Å². The zero-order chi connectivity index (χ0) is 20.1. The molecule has 1 aromatic carbocycles. The number of nitrogens with one attached hydrogen (secondary N) is 2. The molecular formula is C22H26N2O4S. The number of hydrogen-bond donors (Lipinski definition) is 3. The second-order valence-electron chi connectivity index (χ2n) is 9.67. The maximum atomic E-state index is 12.7. The Hall–Kier alpha value is -1.70. The first-order valence-corrected chi connectivity index (χ1v) is 12.1. The van der Waals surface area contributed by atoms with Gasteiger partial charge in [0.25, 0.3) is 5.91 Å². The van der Waals surface area contributed by atoms with Crippen LogP contribution in [0.4, 0.5) is 0 Å². The van der Waals surface area contributed by atoms with Crippen molar-refractivity contribution < 1.29 is 18.3 Å². The van der Waals surface area contributed by atoms with Crippen LogP contribution in [0.25, 0.3) is 0 Å². The van der Waals surface area contributed by atoms with Crippen LogP contribution < -0.4 is 10.0 Å². The molecular weight excluding hydrogens is 388 g/mol. The zero-order valence-corrected chi connectivity index (χ0v) is 16.9. The number of fused-ring (bicyclic) bond motifs is 2. The Morgan fingerprint density at radius 2 is 1.79 bits per heavy atom. The van der Waals surface area contributed by atoms with Crippen molar-refractivity contribution in [1.29, 1.82) is 0 Å².